The van der Waals surface area contributed by atoms with Crippen LogP contribution in [0, 0.1) is 24.2 Å². The molecule has 43 heavy (non-hydrogen) atoms. The van der Waals surface area contributed by atoms with Gasteiger partial charge in [0.1, 0.15) is 18.5 Å². The molecule has 1 saturated carbocycles. The zero-order valence-electron chi connectivity index (χ0n) is 26.8. The monoisotopic (exact) mass is 676 g/mol. The lowest BCUT2D eigenvalue weighted by molar-refractivity contribution is -0.193. The Morgan fingerprint density at radius 1 is 1.02 bits per heavy atom. The Balaban J connectivity index is 1.60. The van der Waals surface area contributed by atoms with E-state index in [0.29, 0.717) is 6.61 Å². The Kier molecular flexibility index (Phi) is 13.2. The van der Waals surface area contributed by atoms with E-state index in [-0.39, 0.29) is 52.6 Å². The van der Waals surface area contributed by atoms with E-state index in [0.717, 1.165) is 70.3 Å². The van der Waals surface area contributed by atoms with E-state index in [1.54, 1.807) is 0 Å². The van der Waals surface area contributed by atoms with Gasteiger partial charge in [-0.15, -0.1) is 6.42 Å². The van der Waals surface area contributed by atoms with Gasteiger partial charge in [0.2, 0.25) is 0 Å². The van der Waals surface area contributed by atoms with Crippen molar-refractivity contribution in [1.82, 2.24) is 0 Å². The van der Waals surface area contributed by atoms with Crippen LogP contribution >= 0.6 is 15.9 Å². The number of hydrogen-bond donors (Lipinski definition) is 0. The molecule has 2 aliphatic heterocycles. The Hall–Kier alpha value is -1.18. The molecule has 3 aliphatic rings. The van der Waals surface area contributed by atoms with Crippen molar-refractivity contribution in [2.75, 3.05) is 19.8 Å². The summed E-state index contributed by atoms with van der Waals surface area (Å²) in [7, 11) is -2.05. The third-order valence-electron chi connectivity index (χ3n) is 9.41. The largest absolute Gasteiger partial charge is 0.491 e. The van der Waals surface area contributed by atoms with Crippen LogP contribution in [0.1, 0.15) is 72.1 Å². The van der Waals surface area contributed by atoms with E-state index in [4.69, 9.17) is 34.5 Å². The summed E-state index contributed by atoms with van der Waals surface area (Å²) in [5.74, 6) is 3.99. The number of alkyl halides is 1. The van der Waals surface area contributed by atoms with Crippen molar-refractivity contribution < 1.29 is 28.1 Å². The standard InChI is InChI=1S/C35H53BrO6Si/c1-7-26(36)23-30-29(20-19-28(40-33-17-11-13-21-37-33)25-39-27-15-9-8-10-16-27)31(41-34-18-12-14-22-38-34)24-32(30)42-43(5,6)35(2,3)4/h1,8-10,15-16,19-20,26,28-34H,11-14,17-18,21-25H2,2-6H3/t26-,28?,29?,30?,31?,32?,33?,34?/m0/s1. The highest BCUT2D eigenvalue weighted by atomic mass is 79.9. The highest BCUT2D eigenvalue weighted by molar-refractivity contribution is 9.09. The molecule has 8 heteroatoms. The van der Waals surface area contributed by atoms with Crippen LogP contribution in [0.3, 0.4) is 0 Å². The quantitative estimate of drug-likeness (QED) is 0.0908. The number of rotatable bonds is 13. The molecule has 3 fully saturated rings. The number of para-hydroxylation sites is 1. The van der Waals surface area contributed by atoms with Gasteiger partial charge in [-0.3, -0.25) is 0 Å². The van der Waals surface area contributed by atoms with Gasteiger partial charge in [-0.2, -0.15) is 0 Å². The smallest absolute Gasteiger partial charge is 0.192 e. The predicted molar refractivity (Wildman–Crippen MR) is 178 cm³/mol. The lowest BCUT2D eigenvalue weighted by atomic mass is 9.88. The topological polar surface area (TPSA) is 55.4 Å². The SMILES string of the molecule is C#C[C@H](Br)CC1C(O[Si](C)(C)C(C)(C)C)CC(OC2CCCCO2)C1C=CC(COc1ccccc1)OC1CCCCO1. The van der Waals surface area contributed by atoms with Gasteiger partial charge in [0.15, 0.2) is 20.9 Å². The number of hydrogen-bond acceptors (Lipinski definition) is 6. The summed E-state index contributed by atoms with van der Waals surface area (Å²) in [6.07, 6.45) is 17.5. The van der Waals surface area contributed by atoms with Crippen LogP contribution < -0.4 is 4.74 Å². The van der Waals surface area contributed by atoms with Crippen molar-refractivity contribution in [3.8, 4) is 18.1 Å². The molecule has 2 saturated heterocycles. The van der Waals surface area contributed by atoms with Gasteiger partial charge in [-0.05, 0) is 87.5 Å². The van der Waals surface area contributed by atoms with Crippen molar-refractivity contribution in [1.29, 1.82) is 0 Å². The molecule has 2 heterocycles. The van der Waals surface area contributed by atoms with E-state index in [1.165, 1.54) is 0 Å². The average molecular weight is 678 g/mol. The summed E-state index contributed by atoms with van der Waals surface area (Å²) in [6, 6.07) is 9.89. The Morgan fingerprint density at radius 2 is 1.70 bits per heavy atom. The number of terminal acetylenes is 1. The highest BCUT2D eigenvalue weighted by Gasteiger charge is 2.49. The van der Waals surface area contributed by atoms with E-state index in [9.17, 15) is 0 Å². The van der Waals surface area contributed by atoms with Crippen molar-refractivity contribution in [3.63, 3.8) is 0 Å². The molecule has 8 atom stereocenters. The second-order valence-corrected chi connectivity index (χ2v) is 19.6. The molecule has 0 bridgehead atoms. The van der Waals surface area contributed by atoms with Gasteiger partial charge in [0.25, 0.3) is 0 Å². The van der Waals surface area contributed by atoms with Crippen molar-refractivity contribution >= 4 is 24.2 Å². The summed E-state index contributed by atoms with van der Waals surface area (Å²) >= 11 is 3.74. The molecule has 1 aromatic carbocycles. The van der Waals surface area contributed by atoms with Crippen LogP contribution in [0.15, 0.2) is 42.5 Å². The fraction of sp³-hybridized carbons (Fsp3) is 0.714. The number of benzene rings is 1. The van der Waals surface area contributed by atoms with Gasteiger partial charge >= 0.3 is 0 Å². The van der Waals surface area contributed by atoms with Gasteiger partial charge < -0.3 is 28.1 Å². The predicted octanol–water partition coefficient (Wildman–Crippen LogP) is 8.26. The van der Waals surface area contributed by atoms with Crippen LogP contribution in [-0.2, 0) is 23.4 Å². The molecule has 0 radical (unpaired) electrons. The lowest BCUT2D eigenvalue weighted by Crippen LogP contribution is -2.45. The van der Waals surface area contributed by atoms with E-state index in [1.807, 2.05) is 30.3 Å². The third-order valence-corrected chi connectivity index (χ3v) is 14.6. The summed E-state index contributed by atoms with van der Waals surface area (Å²) in [4.78, 5) is -0.0484. The van der Waals surface area contributed by atoms with Crippen molar-refractivity contribution in [2.45, 2.75) is 126 Å². The van der Waals surface area contributed by atoms with E-state index in [2.05, 4.69) is 67.9 Å². The van der Waals surface area contributed by atoms with Crippen LogP contribution in [0.5, 0.6) is 5.75 Å². The third kappa shape index (κ3) is 10.4. The van der Waals surface area contributed by atoms with Gasteiger partial charge in [0, 0.05) is 19.1 Å². The molecule has 1 aliphatic carbocycles. The average Bonchev–Trinajstić information content (AvgIpc) is 3.29. The highest BCUT2D eigenvalue weighted by Crippen LogP contribution is 2.46. The number of ether oxygens (including phenoxy) is 5. The second kappa shape index (κ2) is 16.4. The van der Waals surface area contributed by atoms with E-state index >= 15 is 0 Å². The maximum absolute atomic E-state index is 7.12. The van der Waals surface area contributed by atoms with Crippen molar-refractivity contribution in [2.24, 2.45) is 11.8 Å². The zero-order valence-corrected chi connectivity index (χ0v) is 29.4. The van der Waals surface area contributed by atoms with Crippen LogP contribution in [0.25, 0.3) is 0 Å². The second-order valence-electron chi connectivity index (χ2n) is 13.7. The molecule has 4 rings (SSSR count). The van der Waals surface area contributed by atoms with Crippen molar-refractivity contribution in [3.05, 3.63) is 42.5 Å². The molecule has 6 nitrogen and oxygen atoms in total. The minimum absolute atomic E-state index is 0.0409. The first-order valence-electron chi connectivity index (χ1n) is 16.2. The summed E-state index contributed by atoms with van der Waals surface area (Å²) < 4.78 is 38.5. The molecule has 7 unspecified atom stereocenters. The molecule has 0 amide bonds. The van der Waals surface area contributed by atoms with Gasteiger partial charge in [-0.25, -0.2) is 0 Å². The number of halogens is 1. The normalized spacial score (nSPS) is 30.2. The Labute approximate surface area is 269 Å². The van der Waals surface area contributed by atoms with Gasteiger partial charge in [0.05, 0.1) is 17.0 Å². The first kappa shape index (κ1) is 34.7. The summed E-state index contributed by atoms with van der Waals surface area (Å²) in [6.45, 7) is 13.4. The van der Waals surface area contributed by atoms with Gasteiger partial charge in [-0.1, -0.05) is 73.0 Å². The maximum Gasteiger partial charge on any atom is 0.192 e. The maximum atomic E-state index is 7.12. The molecular formula is C35H53BrO6Si. The first-order chi connectivity index (χ1) is 20.6. The van der Waals surface area contributed by atoms with E-state index < -0.39 is 8.32 Å². The zero-order chi connectivity index (χ0) is 30.9. The lowest BCUT2D eigenvalue weighted by Gasteiger charge is -2.40. The molecule has 0 N–H and O–H groups in total. The fourth-order valence-electron chi connectivity index (χ4n) is 5.92. The first-order valence-corrected chi connectivity index (χ1v) is 20.1. The summed E-state index contributed by atoms with van der Waals surface area (Å²) in [5, 5.41) is 0.0991. The van der Waals surface area contributed by atoms with Crippen LogP contribution in [0.4, 0.5) is 0 Å². The Bertz CT molecular complexity index is 1030. The molecule has 0 spiro atoms. The van der Waals surface area contributed by atoms with Crippen LogP contribution in [0.2, 0.25) is 18.1 Å². The molecule has 0 aromatic heterocycles. The fourth-order valence-corrected chi connectivity index (χ4v) is 7.73. The minimum atomic E-state index is -2.05. The minimum Gasteiger partial charge on any atom is -0.491 e. The molecule has 1 aromatic rings. The van der Waals surface area contributed by atoms with Crippen LogP contribution in [-0.4, -0.2) is 63.9 Å². The molecular weight excluding hydrogens is 624 g/mol. The Morgan fingerprint density at radius 3 is 2.30 bits per heavy atom. The molecule has 240 valence electrons. The summed E-state index contributed by atoms with van der Waals surface area (Å²) in [5.41, 5.74) is 0.